The molecule has 1 amide bonds. The summed E-state index contributed by atoms with van der Waals surface area (Å²) in [5, 5.41) is 2.98. The van der Waals surface area contributed by atoms with Gasteiger partial charge in [0.15, 0.2) is 11.5 Å². The average Bonchev–Trinajstić information content (AvgIpc) is 3.33. The largest absolute Gasteiger partial charge is 0.490 e. The topological polar surface area (TPSA) is 77.1 Å². The molecule has 2 aliphatic heterocycles. The van der Waals surface area contributed by atoms with E-state index in [9.17, 15) is 9.59 Å². The fourth-order valence-corrected chi connectivity index (χ4v) is 3.90. The van der Waals surface area contributed by atoms with Crippen LogP contribution in [0.15, 0.2) is 42.0 Å². The van der Waals surface area contributed by atoms with Crippen LogP contribution in [0, 0.1) is 0 Å². The lowest BCUT2D eigenvalue weighted by Crippen LogP contribution is -2.24. The van der Waals surface area contributed by atoms with Crippen molar-refractivity contribution in [3.8, 4) is 11.5 Å². The molecule has 7 heteroatoms. The van der Waals surface area contributed by atoms with E-state index in [4.69, 9.17) is 14.2 Å². The van der Waals surface area contributed by atoms with Crippen LogP contribution in [0.4, 0.5) is 11.4 Å². The molecule has 31 heavy (non-hydrogen) atoms. The summed E-state index contributed by atoms with van der Waals surface area (Å²) in [7, 11) is 1.34. The maximum absolute atomic E-state index is 13.1. The zero-order chi connectivity index (χ0) is 21.8. The average molecular weight is 422 g/mol. The van der Waals surface area contributed by atoms with E-state index in [0.717, 1.165) is 37.2 Å². The van der Waals surface area contributed by atoms with Crippen molar-refractivity contribution in [3.63, 3.8) is 0 Å². The zero-order valence-electron chi connectivity index (χ0n) is 17.8. The molecule has 0 radical (unpaired) electrons. The Morgan fingerprint density at radius 2 is 1.97 bits per heavy atom. The minimum Gasteiger partial charge on any atom is -0.490 e. The first-order valence-electron chi connectivity index (χ1n) is 10.5. The van der Waals surface area contributed by atoms with Crippen molar-refractivity contribution in [2.75, 3.05) is 43.6 Å². The summed E-state index contributed by atoms with van der Waals surface area (Å²) in [6, 6.07) is 10.9. The summed E-state index contributed by atoms with van der Waals surface area (Å²) in [4.78, 5) is 27.3. The Bertz CT molecular complexity index is 1020. The quantitative estimate of drug-likeness (QED) is 0.712. The fourth-order valence-electron chi connectivity index (χ4n) is 3.90. The molecular weight excluding hydrogens is 396 g/mol. The van der Waals surface area contributed by atoms with Crippen LogP contribution in [0.25, 0.3) is 6.08 Å². The van der Waals surface area contributed by atoms with Gasteiger partial charge in [-0.3, -0.25) is 4.79 Å². The predicted molar refractivity (Wildman–Crippen MR) is 119 cm³/mol. The Kier molecular flexibility index (Phi) is 6.11. The lowest BCUT2D eigenvalue weighted by Gasteiger charge is -2.23. The summed E-state index contributed by atoms with van der Waals surface area (Å²) >= 11 is 0. The number of nitrogens with zero attached hydrogens (tertiary/aromatic N) is 1. The zero-order valence-corrected chi connectivity index (χ0v) is 17.8. The van der Waals surface area contributed by atoms with Gasteiger partial charge in [-0.1, -0.05) is 12.1 Å². The second-order valence-corrected chi connectivity index (χ2v) is 7.44. The van der Waals surface area contributed by atoms with Crippen molar-refractivity contribution >= 4 is 29.3 Å². The molecule has 0 atom stereocenters. The van der Waals surface area contributed by atoms with E-state index in [0.29, 0.717) is 34.9 Å². The lowest BCUT2D eigenvalue weighted by atomic mass is 10.1. The van der Waals surface area contributed by atoms with Crippen molar-refractivity contribution in [3.05, 3.63) is 53.1 Å². The highest BCUT2D eigenvalue weighted by atomic mass is 16.5. The predicted octanol–water partition coefficient (Wildman–Crippen LogP) is 3.89. The van der Waals surface area contributed by atoms with E-state index in [-0.39, 0.29) is 12.5 Å². The van der Waals surface area contributed by atoms with Crippen LogP contribution < -0.4 is 19.7 Å². The van der Waals surface area contributed by atoms with Gasteiger partial charge in [0.25, 0.3) is 5.91 Å². The lowest BCUT2D eigenvalue weighted by molar-refractivity contribution is -0.113. The Labute approximate surface area is 181 Å². The first-order chi connectivity index (χ1) is 15.1. The number of ether oxygens (including phenoxy) is 3. The Morgan fingerprint density at radius 3 is 2.71 bits per heavy atom. The van der Waals surface area contributed by atoms with Crippen LogP contribution in [0.5, 0.6) is 11.5 Å². The maximum atomic E-state index is 13.1. The number of nitrogens with one attached hydrogen (secondary N) is 1. The Hall–Kier alpha value is -3.48. The number of hydrogen-bond acceptors (Lipinski definition) is 6. The molecule has 1 saturated heterocycles. The van der Waals surface area contributed by atoms with Crippen LogP contribution in [0.1, 0.15) is 35.7 Å². The first-order valence-corrected chi connectivity index (χ1v) is 10.5. The summed E-state index contributed by atoms with van der Waals surface area (Å²) in [6.45, 7) is 4.42. The molecule has 1 fully saturated rings. The van der Waals surface area contributed by atoms with Crippen molar-refractivity contribution < 1.29 is 23.8 Å². The summed E-state index contributed by atoms with van der Waals surface area (Å²) < 4.78 is 16.3. The van der Waals surface area contributed by atoms with E-state index in [1.54, 1.807) is 12.1 Å². The molecule has 2 aromatic carbocycles. The molecule has 4 rings (SSSR count). The summed E-state index contributed by atoms with van der Waals surface area (Å²) in [5.74, 6) is 0.597. The van der Waals surface area contributed by atoms with Crippen LogP contribution in [0.2, 0.25) is 0 Å². The molecule has 1 N–H and O–H groups in total. The second-order valence-electron chi connectivity index (χ2n) is 7.44. The standard InChI is InChI=1S/C24H26N2O5/c1-3-30-21-8-6-7-16-13-18(15-31-22(16)21)23(27)25-19-14-17(24(28)29-2)9-10-20(19)26-11-4-5-12-26/h6-10,13-14H,3-5,11-12,15H2,1-2H3,(H,25,27). The van der Waals surface area contributed by atoms with Crippen LogP contribution in [-0.2, 0) is 9.53 Å². The molecule has 7 nitrogen and oxygen atoms in total. The van der Waals surface area contributed by atoms with Crippen LogP contribution >= 0.6 is 0 Å². The van der Waals surface area contributed by atoms with E-state index in [1.807, 2.05) is 37.3 Å². The van der Waals surface area contributed by atoms with Gasteiger partial charge >= 0.3 is 5.97 Å². The molecule has 0 aliphatic carbocycles. The number of anilines is 2. The molecule has 0 bridgehead atoms. The van der Waals surface area contributed by atoms with Gasteiger partial charge in [-0.05, 0) is 50.1 Å². The molecule has 0 unspecified atom stereocenters. The first kappa shape index (κ1) is 20.8. The smallest absolute Gasteiger partial charge is 0.337 e. The van der Waals surface area contributed by atoms with Gasteiger partial charge in [-0.15, -0.1) is 0 Å². The molecule has 0 aromatic heterocycles. The van der Waals surface area contributed by atoms with Gasteiger partial charge in [0.2, 0.25) is 0 Å². The van der Waals surface area contributed by atoms with Gasteiger partial charge in [0.1, 0.15) is 6.61 Å². The van der Waals surface area contributed by atoms with Crippen molar-refractivity contribution in [1.82, 2.24) is 0 Å². The molecule has 0 saturated carbocycles. The molecule has 0 spiro atoms. The monoisotopic (exact) mass is 422 g/mol. The minimum atomic E-state index is -0.443. The number of amides is 1. The fraction of sp³-hybridized carbons (Fsp3) is 0.333. The van der Waals surface area contributed by atoms with Crippen molar-refractivity contribution in [2.24, 2.45) is 0 Å². The van der Waals surface area contributed by atoms with E-state index in [2.05, 4.69) is 10.2 Å². The van der Waals surface area contributed by atoms with Gasteiger partial charge in [0, 0.05) is 18.7 Å². The molecule has 162 valence electrons. The molecule has 2 aromatic rings. The van der Waals surface area contributed by atoms with Gasteiger partial charge in [-0.2, -0.15) is 0 Å². The van der Waals surface area contributed by atoms with Crippen LogP contribution in [-0.4, -0.2) is 45.3 Å². The highest BCUT2D eigenvalue weighted by Gasteiger charge is 2.23. The molecule has 2 aliphatic rings. The Balaban J connectivity index is 1.62. The summed E-state index contributed by atoms with van der Waals surface area (Å²) in [6.07, 6.45) is 4.02. The van der Waals surface area contributed by atoms with E-state index in [1.165, 1.54) is 7.11 Å². The number of benzene rings is 2. The van der Waals surface area contributed by atoms with E-state index >= 15 is 0 Å². The highest BCUT2D eigenvalue weighted by Crippen LogP contribution is 2.36. The number of fused-ring (bicyclic) bond motifs is 1. The van der Waals surface area contributed by atoms with Gasteiger partial charge in [-0.25, -0.2) is 4.79 Å². The van der Waals surface area contributed by atoms with Gasteiger partial charge in [0.05, 0.1) is 36.2 Å². The van der Waals surface area contributed by atoms with Crippen molar-refractivity contribution in [1.29, 1.82) is 0 Å². The Morgan fingerprint density at radius 1 is 1.16 bits per heavy atom. The second kappa shape index (κ2) is 9.12. The normalized spacial score (nSPS) is 14.9. The third-order valence-electron chi connectivity index (χ3n) is 5.42. The molecular formula is C24H26N2O5. The van der Waals surface area contributed by atoms with Crippen LogP contribution in [0.3, 0.4) is 0 Å². The number of para-hydroxylation sites is 1. The molecule has 2 heterocycles. The summed E-state index contributed by atoms with van der Waals surface area (Å²) in [5.41, 5.74) is 3.17. The third-order valence-corrected chi connectivity index (χ3v) is 5.42. The number of esters is 1. The van der Waals surface area contributed by atoms with E-state index < -0.39 is 5.97 Å². The maximum Gasteiger partial charge on any atom is 0.337 e. The third kappa shape index (κ3) is 4.35. The number of carbonyl (C=O) groups excluding carboxylic acids is 2. The van der Waals surface area contributed by atoms with Crippen molar-refractivity contribution in [2.45, 2.75) is 19.8 Å². The van der Waals surface area contributed by atoms with Gasteiger partial charge < -0.3 is 24.4 Å². The highest BCUT2D eigenvalue weighted by molar-refractivity contribution is 6.09. The minimum absolute atomic E-state index is 0.138. The SMILES string of the molecule is CCOc1cccc2c1OCC(C(=O)Nc1cc(C(=O)OC)ccc1N1CCCC1)=C2. The number of hydrogen-bond donors (Lipinski definition) is 1. The number of rotatable bonds is 6. The number of carbonyl (C=O) groups is 2. The number of methoxy groups -OCH3 is 1.